The Labute approximate surface area is 198 Å². The van der Waals surface area contributed by atoms with Crippen LogP contribution < -0.4 is 21.3 Å². The fourth-order valence-electron chi connectivity index (χ4n) is 3.94. The maximum absolute atomic E-state index is 13.5. The lowest BCUT2D eigenvalue weighted by atomic mass is 9.96. The molecule has 172 valence electrons. The Kier molecular flexibility index (Phi) is 6.21. The normalized spacial score (nSPS) is 18.5. The summed E-state index contributed by atoms with van der Waals surface area (Å²) in [7, 11) is 0. The number of nitrogens with zero attached hydrogens (tertiary/aromatic N) is 4. The van der Waals surface area contributed by atoms with E-state index in [1.807, 2.05) is 17.9 Å². The Morgan fingerprint density at radius 1 is 1.33 bits per heavy atom. The molecule has 2 aliphatic heterocycles. The number of carbonyl (C=O) groups is 3. The van der Waals surface area contributed by atoms with Gasteiger partial charge >= 0.3 is 0 Å². The minimum atomic E-state index is -1.44. The predicted molar refractivity (Wildman–Crippen MR) is 125 cm³/mol. The third-order valence-electron chi connectivity index (χ3n) is 5.70. The number of carboxylic acid groups (broad SMARTS) is 1. The molecule has 2 N–H and O–H groups in total. The van der Waals surface area contributed by atoms with Crippen molar-refractivity contribution in [2.45, 2.75) is 19.8 Å². The molecule has 2 aromatic rings. The molecule has 2 aromatic heterocycles. The summed E-state index contributed by atoms with van der Waals surface area (Å²) < 4.78 is 1.48. The van der Waals surface area contributed by atoms with E-state index in [2.05, 4.69) is 0 Å². The molecule has 0 spiro atoms. The van der Waals surface area contributed by atoms with Crippen LogP contribution in [0.5, 0.6) is 0 Å². The van der Waals surface area contributed by atoms with Crippen molar-refractivity contribution in [2.24, 2.45) is 11.7 Å². The molecular weight excluding hydrogens is 466 g/mol. The summed E-state index contributed by atoms with van der Waals surface area (Å²) in [4.78, 5) is 56.5. The number of aliphatic carboxylic acids is 1. The second-order valence-corrected chi connectivity index (χ2v) is 9.52. The number of hydrogen-bond donors (Lipinski definition) is 1. The van der Waals surface area contributed by atoms with Gasteiger partial charge in [-0.3, -0.25) is 23.7 Å². The summed E-state index contributed by atoms with van der Waals surface area (Å²) in [5.74, 6) is -2.25. The maximum Gasteiger partial charge on any atom is 0.267 e. The summed E-state index contributed by atoms with van der Waals surface area (Å²) in [5.41, 5.74) is 6.54. The summed E-state index contributed by atoms with van der Waals surface area (Å²) >= 11 is 6.05. The number of carbonyl (C=O) groups excluding carboxylic acids is 3. The molecule has 4 heterocycles. The van der Waals surface area contributed by atoms with Crippen molar-refractivity contribution in [1.29, 1.82) is 0 Å². The Bertz CT molecular complexity index is 1280. The molecule has 10 nitrogen and oxygen atoms in total. The van der Waals surface area contributed by atoms with Crippen molar-refractivity contribution in [3.05, 3.63) is 44.7 Å². The third-order valence-corrected chi connectivity index (χ3v) is 7.08. The van der Waals surface area contributed by atoms with Gasteiger partial charge in [-0.05, 0) is 37.5 Å². The van der Waals surface area contributed by atoms with Crippen molar-refractivity contribution < 1.29 is 19.5 Å². The van der Waals surface area contributed by atoms with Gasteiger partial charge in [0.15, 0.2) is 0 Å². The van der Waals surface area contributed by atoms with Crippen molar-refractivity contribution in [2.75, 3.05) is 24.5 Å². The lowest BCUT2D eigenvalue weighted by Crippen LogP contribution is -2.40. The number of nitrogens with two attached hydrogens (primary N) is 1. The molecule has 2 saturated heterocycles. The number of rotatable bonds is 5. The zero-order valence-corrected chi connectivity index (χ0v) is 19.3. The second kappa shape index (κ2) is 8.94. The maximum atomic E-state index is 13.5. The van der Waals surface area contributed by atoms with E-state index in [9.17, 15) is 24.3 Å². The van der Waals surface area contributed by atoms with Crippen LogP contribution in [0.4, 0.5) is 5.82 Å². The molecule has 0 bridgehead atoms. The fourth-order valence-corrected chi connectivity index (χ4v) is 5.18. The first-order valence-corrected chi connectivity index (χ1v) is 11.4. The van der Waals surface area contributed by atoms with Crippen LogP contribution >= 0.6 is 24.0 Å². The molecule has 0 atom stereocenters. The van der Waals surface area contributed by atoms with Gasteiger partial charge in [-0.1, -0.05) is 30.0 Å². The number of fused-ring (bicyclic) bond motifs is 1. The van der Waals surface area contributed by atoms with Crippen molar-refractivity contribution in [1.82, 2.24) is 14.3 Å². The van der Waals surface area contributed by atoms with E-state index in [0.29, 0.717) is 37.4 Å². The number of amides is 2. The summed E-state index contributed by atoms with van der Waals surface area (Å²) in [6.45, 7) is 2.11. The van der Waals surface area contributed by atoms with Gasteiger partial charge in [0.25, 0.3) is 11.5 Å². The number of aromatic nitrogens is 2. The molecule has 4 rings (SSSR count). The minimum absolute atomic E-state index is 0.0731. The molecular formula is C21H20N5O5S2-. The summed E-state index contributed by atoms with van der Waals surface area (Å²) in [6, 6.07) is 3.57. The van der Waals surface area contributed by atoms with Crippen molar-refractivity contribution in [3.8, 4) is 0 Å². The van der Waals surface area contributed by atoms with Gasteiger partial charge < -0.3 is 20.5 Å². The van der Waals surface area contributed by atoms with Gasteiger partial charge in [0.2, 0.25) is 5.91 Å². The van der Waals surface area contributed by atoms with E-state index >= 15 is 0 Å². The number of pyridine rings is 1. The first-order chi connectivity index (χ1) is 15.7. The van der Waals surface area contributed by atoms with Gasteiger partial charge in [-0.15, -0.1) is 0 Å². The number of thioether (sulfide) groups is 1. The fraction of sp³-hybridized carbons (Fsp3) is 0.333. The van der Waals surface area contributed by atoms with E-state index in [1.54, 1.807) is 12.3 Å². The summed E-state index contributed by atoms with van der Waals surface area (Å²) in [5, 5.41) is 11.0. The summed E-state index contributed by atoms with van der Waals surface area (Å²) in [6.07, 6.45) is 4.06. The average Bonchev–Trinajstić information content (AvgIpc) is 3.03. The highest BCUT2D eigenvalue weighted by Crippen LogP contribution is 2.34. The van der Waals surface area contributed by atoms with E-state index in [1.165, 1.54) is 10.5 Å². The number of carboxylic acids is 1. The Morgan fingerprint density at radius 3 is 2.67 bits per heavy atom. The van der Waals surface area contributed by atoms with Crippen LogP contribution in [-0.4, -0.2) is 56.0 Å². The highest BCUT2D eigenvalue weighted by Gasteiger charge is 2.33. The Hall–Kier alpha value is -3.25. The third kappa shape index (κ3) is 4.35. The van der Waals surface area contributed by atoms with E-state index in [4.69, 9.17) is 22.9 Å². The predicted octanol–water partition coefficient (Wildman–Crippen LogP) is -0.344. The first kappa shape index (κ1) is 22.9. The minimum Gasteiger partial charge on any atom is -0.548 e. The Balaban J connectivity index is 1.82. The molecule has 0 radical (unpaired) electrons. The molecule has 0 aliphatic carbocycles. The van der Waals surface area contributed by atoms with E-state index in [-0.39, 0.29) is 32.2 Å². The van der Waals surface area contributed by atoms with Gasteiger partial charge in [-0.25, -0.2) is 4.98 Å². The number of primary amides is 1. The lowest BCUT2D eigenvalue weighted by Gasteiger charge is -2.32. The smallest absolute Gasteiger partial charge is 0.267 e. The number of piperidine rings is 1. The highest BCUT2D eigenvalue weighted by atomic mass is 32.2. The second-order valence-electron chi connectivity index (χ2n) is 7.84. The van der Waals surface area contributed by atoms with Crippen molar-refractivity contribution in [3.63, 3.8) is 0 Å². The van der Waals surface area contributed by atoms with Gasteiger partial charge in [0.1, 0.15) is 15.8 Å². The SMILES string of the molecule is Cc1cccn2c(=O)c(C=C3SC(=S)N(CC(=O)[O-])C3=O)c(N3CCC(C(N)=O)CC3)nc12. The van der Waals surface area contributed by atoms with Crippen LogP contribution in [0.1, 0.15) is 24.0 Å². The molecule has 2 fully saturated rings. The van der Waals surface area contributed by atoms with Crippen LogP contribution in [0, 0.1) is 12.8 Å². The standard InChI is InChI=1S/C21H21N5O5S2/c1-11-3-2-6-25-17(11)23-18(24-7-4-12(5-8-24)16(22)29)13(19(25)30)9-14-20(31)26(10-15(27)28)21(32)33-14/h2-3,6,9,12H,4-5,7-8,10H2,1H3,(H2,22,29)(H,27,28)/p-1. The molecule has 0 aromatic carbocycles. The molecule has 33 heavy (non-hydrogen) atoms. The lowest BCUT2D eigenvalue weighted by molar-refractivity contribution is -0.305. The van der Waals surface area contributed by atoms with Crippen LogP contribution in [0.15, 0.2) is 28.0 Å². The van der Waals surface area contributed by atoms with Gasteiger partial charge in [0, 0.05) is 25.2 Å². The zero-order valence-electron chi connectivity index (χ0n) is 17.6. The average molecular weight is 487 g/mol. The molecule has 2 amide bonds. The number of hydrogen-bond acceptors (Lipinski definition) is 9. The molecule has 0 unspecified atom stereocenters. The topological polar surface area (TPSA) is 141 Å². The monoisotopic (exact) mass is 486 g/mol. The molecule has 12 heteroatoms. The van der Waals surface area contributed by atoms with Gasteiger partial charge in [-0.2, -0.15) is 0 Å². The van der Waals surface area contributed by atoms with Gasteiger partial charge in [0.05, 0.1) is 23.0 Å². The highest BCUT2D eigenvalue weighted by molar-refractivity contribution is 8.26. The van der Waals surface area contributed by atoms with E-state index < -0.39 is 18.4 Å². The molecule has 2 aliphatic rings. The molecule has 0 saturated carbocycles. The quantitative estimate of drug-likeness (QED) is 0.444. The zero-order chi connectivity index (χ0) is 23.9. The first-order valence-electron chi connectivity index (χ1n) is 10.2. The van der Waals surface area contributed by atoms with E-state index in [0.717, 1.165) is 22.2 Å². The largest absolute Gasteiger partial charge is 0.548 e. The van der Waals surface area contributed by atoms with Crippen LogP contribution in [0.25, 0.3) is 11.7 Å². The number of thiocarbonyl (C=S) groups is 1. The van der Waals surface area contributed by atoms with Crippen LogP contribution in [0.3, 0.4) is 0 Å². The number of anilines is 1. The number of aryl methyl sites for hydroxylation is 1. The van der Waals surface area contributed by atoms with Crippen LogP contribution in [0.2, 0.25) is 0 Å². The Morgan fingerprint density at radius 2 is 2.03 bits per heavy atom. The van der Waals surface area contributed by atoms with Crippen LogP contribution in [-0.2, 0) is 14.4 Å². The van der Waals surface area contributed by atoms with Crippen molar-refractivity contribution >= 4 is 63.6 Å².